The van der Waals surface area contributed by atoms with E-state index in [1.807, 2.05) is 0 Å². The summed E-state index contributed by atoms with van der Waals surface area (Å²) in [6, 6.07) is 11.4. The molecule has 7 nitrogen and oxygen atoms in total. The minimum Gasteiger partial charge on any atom is -0.494 e. The smallest absolute Gasteiger partial charge is 0.238 e. The molecule has 0 heterocycles. The van der Waals surface area contributed by atoms with E-state index >= 15 is 0 Å². The second-order valence-electron chi connectivity index (χ2n) is 5.81. The van der Waals surface area contributed by atoms with Crippen LogP contribution in [0.1, 0.15) is 12.0 Å². The Hall–Kier alpha value is -2.01. The molecular weight excluding hydrogens is 395 g/mol. The summed E-state index contributed by atoms with van der Waals surface area (Å²) >= 11 is 0. The summed E-state index contributed by atoms with van der Waals surface area (Å²) < 4.78 is 66.9. The van der Waals surface area contributed by atoms with Gasteiger partial charge >= 0.3 is 0 Å². The van der Waals surface area contributed by atoms with Crippen molar-refractivity contribution in [2.75, 3.05) is 18.9 Å². The molecule has 3 N–H and O–H groups in total. The molecule has 2 aromatic carbocycles. The summed E-state index contributed by atoms with van der Waals surface area (Å²) in [6.45, 7) is 0.386. The molecule has 0 aliphatic carbocycles. The molecule has 0 aliphatic rings. The maximum Gasteiger partial charge on any atom is 0.238 e. The van der Waals surface area contributed by atoms with E-state index in [2.05, 4.69) is 4.72 Å². The van der Waals surface area contributed by atoms with Crippen molar-refractivity contribution < 1.29 is 26.0 Å². The highest BCUT2D eigenvalue weighted by Crippen LogP contribution is 2.11. The van der Waals surface area contributed by atoms with E-state index in [-0.39, 0.29) is 36.0 Å². The van der Waals surface area contributed by atoms with Crippen molar-refractivity contribution in [2.24, 2.45) is 5.14 Å². The second kappa shape index (κ2) is 9.27. The first-order valence-electron chi connectivity index (χ1n) is 8.13. The van der Waals surface area contributed by atoms with Gasteiger partial charge < -0.3 is 4.74 Å². The number of ether oxygens (including phenoxy) is 1. The van der Waals surface area contributed by atoms with Crippen molar-refractivity contribution in [2.45, 2.75) is 17.7 Å². The van der Waals surface area contributed by atoms with E-state index < -0.39 is 20.0 Å². The molecule has 0 fully saturated rings. The first kappa shape index (κ1) is 21.3. The summed E-state index contributed by atoms with van der Waals surface area (Å²) in [5.74, 6) is 0.0107. The monoisotopic (exact) mass is 416 g/mol. The zero-order valence-corrected chi connectivity index (χ0v) is 16.1. The lowest BCUT2D eigenvalue weighted by molar-refractivity contribution is 0.317. The number of hydrogen-bond acceptors (Lipinski definition) is 5. The Morgan fingerprint density at radius 1 is 0.963 bits per heavy atom. The number of nitrogens with two attached hydrogens (primary N) is 1. The summed E-state index contributed by atoms with van der Waals surface area (Å²) in [4.78, 5) is 0.00739. The Kier molecular flexibility index (Phi) is 7.31. The maximum absolute atomic E-state index is 12.8. The molecule has 0 saturated carbocycles. The molecule has 0 amide bonds. The quantitative estimate of drug-likeness (QED) is 0.568. The van der Waals surface area contributed by atoms with Gasteiger partial charge in [0.05, 0.1) is 17.3 Å². The standard InChI is InChI=1S/C17H21FN2O5S2/c18-15-4-6-16(7-5-15)25-12-1-13-26(21,22)20-11-10-14-2-8-17(9-3-14)27(19,23)24/h2-9,20H,1,10-13H2,(H2,19,23,24). The Labute approximate surface area is 158 Å². The average molecular weight is 416 g/mol. The maximum atomic E-state index is 12.8. The minimum absolute atomic E-state index is 0.00739. The van der Waals surface area contributed by atoms with Gasteiger partial charge in [0.1, 0.15) is 11.6 Å². The number of sulfonamides is 2. The van der Waals surface area contributed by atoms with Gasteiger partial charge in [-0.3, -0.25) is 0 Å². The molecule has 148 valence electrons. The van der Waals surface area contributed by atoms with E-state index in [0.29, 0.717) is 12.2 Å². The van der Waals surface area contributed by atoms with Crippen LogP contribution in [0.5, 0.6) is 5.75 Å². The lowest BCUT2D eigenvalue weighted by Gasteiger charge is -2.08. The first-order chi connectivity index (χ1) is 12.7. The van der Waals surface area contributed by atoms with E-state index in [0.717, 1.165) is 5.56 Å². The highest BCUT2D eigenvalue weighted by Gasteiger charge is 2.10. The van der Waals surface area contributed by atoms with Gasteiger partial charge in [0, 0.05) is 6.54 Å². The molecule has 0 aromatic heterocycles. The number of rotatable bonds is 10. The predicted octanol–water partition coefficient (Wildman–Crippen LogP) is 1.40. The van der Waals surface area contributed by atoms with Crippen LogP contribution in [0.25, 0.3) is 0 Å². The van der Waals surface area contributed by atoms with Crippen LogP contribution in [0.4, 0.5) is 4.39 Å². The Bertz CT molecular complexity index is 944. The van der Waals surface area contributed by atoms with E-state index in [9.17, 15) is 21.2 Å². The fourth-order valence-corrected chi connectivity index (χ4v) is 3.81. The second-order valence-corrected chi connectivity index (χ2v) is 9.30. The van der Waals surface area contributed by atoms with Gasteiger partial charge in [-0.05, 0) is 54.8 Å². The number of hydrogen-bond donors (Lipinski definition) is 2. The zero-order chi connectivity index (χ0) is 19.9. The normalized spacial score (nSPS) is 12.1. The van der Waals surface area contributed by atoms with E-state index in [1.165, 1.54) is 36.4 Å². The van der Waals surface area contributed by atoms with Gasteiger partial charge in [-0.2, -0.15) is 0 Å². The van der Waals surface area contributed by atoms with Crippen molar-refractivity contribution in [1.82, 2.24) is 4.72 Å². The first-order valence-corrected chi connectivity index (χ1v) is 11.3. The third kappa shape index (κ3) is 7.63. The van der Waals surface area contributed by atoms with Crippen molar-refractivity contribution in [3.05, 3.63) is 59.9 Å². The third-order valence-electron chi connectivity index (χ3n) is 3.63. The van der Waals surface area contributed by atoms with Crippen LogP contribution >= 0.6 is 0 Å². The molecule has 10 heteroatoms. The van der Waals surface area contributed by atoms with Crippen LogP contribution in [0, 0.1) is 5.82 Å². The molecule has 0 radical (unpaired) electrons. The fourth-order valence-electron chi connectivity index (χ4n) is 2.24. The molecule has 2 rings (SSSR count). The van der Waals surface area contributed by atoms with Gasteiger partial charge in [-0.15, -0.1) is 0 Å². The number of benzene rings is 2. The highest BCUT2D eigenvalue weighted by atomic mass is 32.2. The molecule has 0 spiro atoms. The van der Waals surface area contributed by atoms with Crippen LogP contribution in [0.3, 0.4) is 0 Å². The van der Waals surface area contributed by atoms with Gasteiger partial charge in [0.25, 0.3) is 0 Å². The Morgan fingerprint density at radius 2 is 1.59 bits per heavy atom. The fraction of sp³-hybridized carbons (Fsp3) is 0.294. The molecule has 0 saturated heterocycles. The largest absolute Gasteiger partial charge is 0.494 e. The van der Waals surface area contributed by atoms with Gasteiger partial charge in [-0.25, -0.2) is 31.1 Å². The van der Waals surface area contributed by atoms with Crippen LogP contribution in [0.2, 0.25) is 0 Å². The van der Waals surface area contributed by atoms with Crippen LogP contribution in [0.15, 0.2) is 53.4 Å². The summed E-state index contributed by atoms with van der Waals surface area (Å²) in [5, 5.41) is 5.02. The van der Waals surface area contributed by atoms with Crippen LogP contribution in [-0.4, -0.2) is 35.7 Å². The SMILES string of the molecule is NS(=O)(=O)c1ccc(CCNS(=O)(=O)CCCOc2ccc(F)cc2)cc1. The average Bonchev–Trinajstić information content (AvgIpc) is 2.60. The summed E-state index contributed by atoms with van der Waals surface area (Å²) in [7, 11) is -7.19. The van der Waals surface area contributed by atoms with Crippen molar-refractivity contribution >= 4 is 20.0 Å². The van der Waals surface area contributed by atoms with E-state index in [4.69, 9.17) is 9.88 Å². The van der Waals surface area contributed by atoms with Crippen LogP contribution < -0.4 is 14.6 Å². The van der Waals surface area contributed by atoms with Gasteiger partial charge in [0.15, 0.2) is 0 Å². The third-order valence-corrected chi connectivity index (χ3v) is 6.03. The molecule has 0 bridgehead atoms. The molecule has 2 aromatic rings. The lowest BCUT2D eigenvalue weighted by atomic mass is 10.2. The number of nitrogens with one attached hydrogen (secondary N) is 1. The number of primary sulfonamides is 1. The number of halogens is 1. The Morgan fingerprint density at radius 3 is 2.19 bits per heavy atom. The lowest BCUT2D eigenvalue weighted by Crippen LogP contribution is -2.29. The Balaban J connectivity index is 1.70. The van der Waals surface area contributed by atoms with Crippen molar-refractivity contribution in [3.63, 3.8) is 0 Å². The molecule has 0 unspecified atom stereocenters. The van der Waals surface area contributed by atoms with Gasteiger partial charge in [-0.1, -0.05) is 12.1 Å². The summed E-state index contributed by atoms with van der Waals surface area (Å²) in [6.07, 6.45) is 0.700. The summed E-state index contributed by atoms with van der Waals surface area (Å²) in [5.41, 5.74) is 0.782. The van der Waals surface area contributed by atoms with Crippen molar-refractivity contribution in [3.8, 4) is 5.75 Å². The molecule has 27 heavy (non-hydrogen) atoms. The van der Waals surface area contributed by atoms with Gasteiger partial charge in [0.2, 0.25) is 20.0 Å². The zero-order valence-electron chi connectivity index (χ0n) is 14.5. The molecule has 0 aliphatic heterocycles. The topological polar surface area (TPSA) is 116 Å². The van der Waals surface area contributed by atoms with Crippen LogP contribution in [-0.2, 0) is 26.5 Å². The van der Waals surface area contributed by atoms with Crippen molar-refractivity contribution in [1.29, 1.82) is 0 Å². The minimum atomic E-state index is -3.74. The molecule has 0 atom stereocenters. The molecular formula is C17H21FN2O5S2. The van der Waals surface area contributed by atoms with E-state index in [1.54, 1.807) is 12.1 Å². The highest BCUT2D eigenvalue weighted by molar-refractivity contribution is 7.89. The predicted molar refractivity (Wildman–Crippen MR) is 99.8 cm³/mol.